The topological polar surface area (TPSA) is 77.3 Å². The normalized spacial score (nSPS) is 13.7. The number of ether oxygens (including phenoxy) is 1. The highest BCUT2D eigenvalue weighted by Gasteiger charge is 2.30. The number of pyridine rings is 2. The number of alkyl halides is 3. The summed E-state index contributed by atoms with van der Waals surface area (Å²) in [4.78, 5) is 39.4. The molecule has 3 aromatic heterocycles. The van der Waals surface area contributed by atoms with Crippen LogP contribution in [0.5, 0.6) is 0 Å². The van der Waals surface area contributed by atoms with Gasteiger partial charge in [-0.15, -0.1) is 11.3 Å². The highest BCUT2D eigenvalue weighted by atomic mass is 35.5. The zero-order valence-electron chi connectivity index (χ0n) is 24.4. The molecule has 0 saturated carbocycles. The number of hydrogen-bond donors (Lipinski definition) is 0. The first-order chi connectivity index (χ1) is 21.0. The van der Waals surface area contributed by atoms with E-state index in [0.717, 1.165) is 37.0 Å². The van der Waals surface area contributed by atoms with Crippen molar-refractivity contribution in [3.63, 3.8) is 0 Å². The van der Waals surface area contributed by atoms with Gasteiger partial charge < -0.3 is 9.64 Å². The number of thiazole rings is 1. The molecule has 0 bridgehead atoms. The molecule has 1 amide bonds. The summed E-state index contributed by atoms with van der Waals surface area (Å²) >= 11 is 7.54. The van der Waals surface area contributed by atoms with Crippen LogP contribution in [0.3, 0.4) is 0 Å². The van der Waals surface area contributed by atoms with Crippen LogP contribution >= 0.6 is 22.9 Å². The van der Waals surface area contributed by atoms with E-state index in [0.29, 0.717) is 57.0 Å². The first-order valence-corrected chi connectivity index (χ1v) is 15.2. The van der Waals surface area contributed by atoms with Crippen LogP contribution in [0.15, 0.2) is 58.3 Å². The molecule has 1 aromatic carbocycles. The highest BCUT2D eigenvalue weighted by Crippen LogP contribution is 2.34. The quantitative estimate of drug-likeness (QED) is 0.205. The number of halogens is 4. The van der Waals surface area contributed by atoms with Crippen molar-refractivity contribution in [1.29, 1.82) is 0 Å². The zero-order valence-corrected chi connectivity index (χ0v) is 25.9. The maximum Gasteiger partial charge on any atom is 0.416 e. The predicted molar refractivity (Wildman–Crippen MR) is 166 cm³/mol. The van der Waals surface area contributed by atoms with E-state index >= 15 is 0 Å². The number of allylic oxidation sites excluding steroid dienone is 1. The SMILES string of the molecule is COCc1ncc(Cl)cc1-n1c(C=C(C)C)c(C(=O)N2CCCCC2)cc(-c2nc(-c3ccc(C(F)(F)F)cc3)cs2)c1=O. The number of piperidine rings is 1. The largest absolute Gasteiger partial charge is 0.416 e. The van der Waals surface area contributed by atoms with Gasteiger partial charge in [-0.3, -0.25) is 19.1 Å². The Labute approximate surface area is 261 Å². The van der Waals surface area contributed by atoms with Gasteiger partial charge in [0.15, 0.2) is 0 Å². The molecule has 230 valence electrons. The van der Waals surface area contributed by atoms with Crippen LogP contribution < -0.4 is 5.56 Å². The van der Waals surface area contributed by atoms with E-state index in [1.165, 1.54) is 41.3 Å². The lowest BCUT2D eigenvalue weighted by Crippen LogP contribution is -2.37. The third-order valence-electron chi connectivity index (χ3n) is 7.22. The van der Waals surface area contributed by atoms with Crippen molar-refractivity contribution in [2.75, 3.05) is 20.2 Å². The molecule has 1 aliphatic rings. The first-order valence-electron chi connectivity index (χ1n) is 14.0. The van der Waals surface area contributed by atoms with Crippen molar-refractivity contribution in [2.24, 2.45) is 0 Å². The molecule has 0 radical (unpaired) electrons. The molecule has 0 unspecified atom stereocenters. The second-order valence-electron chi connectivity index (χ2n) is 10.7. The summed E-state index contributed by atoms with van der Waals surface area (Å²) in [6.07, 6.45) is 1.60. The van der Waals surface area contributed by atoms with Gasteiger partial charge in [0.05, 0.1) is 51.1 Å². The molecule has 5 rings (SSSR count). The maximum atomic E-state index is 14.4. The van der Waals surface area contributed by atoms with Crippen LogP contribution in [0.4, 0.5) is 13.2 Å². The fraction of sp³-hybridized carbons (Fsp3) is 0.312. The second kappa shape index (κ2) is 13.1. The van der Waals surface area contributed by atoms with E-state index in [1.807, 2.05) is 13.8 Å². The lowest BCUT2D eigenvalue weighted by molar-refractivity contribution is -0.137. The molecule has 4 aromatic rings. The van der Waals surface area contributed by atoms with Gasteiger partial charge in [-0.05, 0) is 63.5 Å². The molecule has 0 N–H and O–H groups in total. The summed E-state index contributed by atoms with van der Waals surface area (Å²) in [6, 6.07) is 7.87. The molecular weight excluding hydrogens is 613 g/mol. The van der Waals surface area contributed by atoms with Crippen molar-refractivity contribution < 1.29 is 22.7 Å². The molecule has 0 atom stereocenters. The van der Waals surface area contributed by atoms with Crippen molar-refractivity contribution >= 4 is 34.9 Å². The Hall–Kier alpha value is -3.80. The van der Waals surface area contributed by atoms with Crippen LogP contribution in [-0.2, 0) is 17.5 Å². The van der Waals surface area contributed by atoms with E-state index in [1.54, 1.807) is 28.5 Å². The third-order valence-corrected chi connectivity index (χ3v) is 8.30. The third kappa shape index (κ3) is 6.64. The van der Waals surface area contributed by atoms with Crippen molar-refractivity contribution in [1.82, 2.24) is 19.4 Å². The van der Waals surface area contributed by atoms with E-state index in [4.69, 9.17) is 16.3 Å². The summed E-state index contributed by atoms with van der Waals surface area (Å²) in [5.74, 6) is -0.213. The van der Waals surface area contributed by atoms with Crippen LogP contribution in [-0.4, -0.2) is 45.5 Å². The molecule has 1 fully saturated rings. The minimum Gasteiger partial charge on any atom is -0.378 e. The smallest absolute Gasteiger partial charge is 0.378 e. The van der Waals surface area contributed by atoms with Gasteiger partial charge in [0, 0.05) is 37.3 Å². The number of rotatable bonds is 7. The Balaban J connectivity index is 1.75. The summed E-state index contributed by atoms with van der Waals surface area (Å²) in [5, 5.41) is 2.29. The Morgan fingerprint density at radius 3 is 2.45 bits per heavy atom. The molecule has 4 heterocycles. The number of benzene rings is 1. The lowest BCUT2D eigenvalue weighted by Gasteiger charge is -2.28. The van der Waals surface area contributed by atoms with Gasteiger partial charge >= 0.3 is 6.18 Å². The monoisotopic (exact) mass is 642 g/mol. The number of hydrogen-bond acceptors (Lipinski definition) is 6. The lowest BCUT2D eigenvalue weighted by atomic mass is 10.0. The van der Waals surface area contributed by atoms with E-state index < -0.39 is 17.3 Å². The minimum absolute atomic E-state index is 0.0855. The summed E-state index contributed by atoms with van der Waals surface area (Å²) in [7, 11) is 1.51. The van der Waals surface area contributed by atoms with Crippen LogP contribution in [0, 0.1) is 0 Å². The summed E-state index contributed by atoms with van der Waals surface area (Å²) in [6.45, 7) is 5.04. The Morgan fingerprint density at radius 2 is 1.82 bits per heavy atom. The molecule has 1 aliphatic heterocycles. The summed E-state index contributed by atoms with van der Waals surface area (Å²) < 4.78 is 46.1. The average molecular weight is 643 g/mol. The van der Waals surface area contributed by atoms with Crippen molar-refractivity contribution in [3.8, 4) is 27.5 Å². The van der Waals surface area contributed by atoms with Gasteiger partial charge in [-0.1, -0.05) is 29.3 Å². The first kappa shape index (κ1) is 31.6. The van der Waals surface area contributed by atoms with Crippen LogP contribution in [0.1, 0.15) is 60.4 Å². The molecule has 44 heavy (non-hydrogen) atoms. The molecule has 1 saturated heterocycles. The Kier molecular flexibility index (Phi) is 9.38. The Morgan fingerprint density at radius 1 is 1.11 bits per heavy atom. The number of nitrogens with zero attached hydrogens (tertiary/aromatic N) is 4. The van der Waals surface area contributed by atoms with E-state index in [9.17, 15) is 22.8 Å². The fourth-order valence-electron chi connectivity index (χ4n) is 5.14. The van der Waals surface area contributed by atoms with Gasteiger partial charge in [-0.2, -0.15) is 13.2 Å². The van der Waals surface area contributed by atoms with Crippen molar-refractivity contribution in [3.05, 3.63) is 91.4 Å². The second-order valence-corrected chi connectivity index (χ2v) is 12.0. The number of aromatic nitrogens is 3. The molecule has 12 heteroatoms. The van der Waals surface area contributed by atoms with E-state index in [-0.39, 0.29) is 18.1 Å². The molecule has 7 nitrogen and oxygen atoms in total. The number of amides is 1. The minimum atomic E-state index is -4.46. The molecule has 0 spiro atoms. The van der Waals surface area contributed by atoms with Gasteiger partial charge in [-0.25, -0.2) is 4.98 Å². The number of carbonyl (C=O) groups excluding carboxylic acids is 1. The van der Waals surface area contributed by atoms with Crippen LogP contribution in [0.2, 0.25) is 5.02 Å². The molecule has 0 aliphatic carbocycles. The van der Waals surface area contributed by atoms with Gasteiger partial charge in [0.1, 0.15) is 5.01 Å². The standard InChI is InChI=1S/C32H30ClF3N4O3S/c1-19(2)13-27-23(30(41)39-11-5-4-6-12-39)15-24(31(42)40(27)28-14-22(33)16-37-25(28)17-43-3)29-38-26(18-44-29)20-7-9-21(10-8-20)32(34,35)36/h7-10,13-16,18H,4-6,11-12,17H2,1-3H3. The van der Waals surface area contributed by atoms with E-state index in [2.05, 4.69) is 9.97 Å². The molecular formula is C32H30ClF3N4O3S. The number of methoxy groups -OCH3 is 1. The van der Waals surface area contributed by atoms with Crippen molar-refractivity contribution in [2.45, 2.75) is 45.9 Å². The average Bonchev–Trinajstić information content (AvgIpc) is 3.48. The fourth-order valence-corrected chi connectivity index (χ4v) is 6.12. The van der Waals surface area contributed by atoms with Gasteiger partial charge in [0.2, 0.25) is 0 Å². The Bertz CT molecular complexity index is 1770. The maximum absolute atomic E-state index is 14.4. The number of likely N-dealkylation sites (tertiary alicyclic amines) is 1. The summed E-state index contributed by atoms with van der Waals surface area (Å²) in [5.41, 5.74) is 2.20. The highest BCUT2D eigenvalue weighted by molar-refractivity contribution is 7.13. The van der Waals surface area contributed by atoms with Gasteiger partial charge in [0.25, 0.3) is 11.5 Å². The predicted octanol–water partition coefficient (Wildman–Crippen LogP) is 7.89. The van der Waals surface area contributed by atoms with Crippen LogP contribution in [0.25, 0.3) is 33.6 Å². The zero-order chi connectivity index (χ0) is 31.6. The number of carbonyl (C=O) groups is 1.